The number of rotatable bonds is 5. The van der Waals surface area contributed by atoms with Crippen LogP contribution in [0.25, 0.3) is 0 Å². The van der Waals surface area contributed by atoms with Crippen LogP contribution in [-0.4, -0.2) is 50.0 Å². The third kappa shape index (κ3) is 3.36. The summed E-state index contributed by atoms with van der Waals surface area (Å²) in [6, 6.07) is 5.31. The standard InChI is InChI=1S/C14H21FN2O2/c1-19-14-10-11(2-3-13(14)18)12(4-5-15)17-8-6-16-7-9-17/h2-3,10,12,16,18H,4-9H2,1H3/t12-/m1/s1. The van der Waals surface area contributed by atoms with Crippen molar-refractivity contribution >= 4 is 0 Å². The van der Waals surface area contributed by atoms with Crippen LogP contribution in [0.1, 0.15) is 18.0 Å². The number of piperazine rings is 1. The Morgan fingerprint density at radius 2 is 2.16 bits per heavy atom. The van der Waals surface area contributed by atoms with Gasteiger partial charge >= 0.3 is 0 Å². The molecular weight excluding hydrogens is 247 g/mol. The summed E-state index contributed by atoms with van der Waals surface area (Å²) in [6.45, 7) is 3.33. The highest BCUT2D eigenvalue weighted by molar-refractivity contribution is 5.42. The second-order valence-electron chi connectivity index (χ2n) is 4.71. The minimum absolute atomic E-state index is 0.0431. The van der Waals surface area contributed by atoms with E-state index in [1.54, 1.807) is 12.1 Å². The van der Waals surface area contributed by atoms with Crippen LogP contribution >= 0.6 is 0 Å². The van der Waals surface area contributed by atoms with E-state index in [0.29, 0.717) is 12.2 Å². The van der Waals surface area contributed by atoms with Crippen molar-refractivity contribution < 1.29 is 14.2 Å². The quantitative estimate of drug-likeness (QED) is 0.853. The van der Waals surface area contributed by atoms with Gasteiger partial charge in [-0.25, -0.2) is 0 Å². The van der Waals surface area contributed by atoms with Gasteiger partial charge in [0.25, 0.3) is 0 Å². The third-order valence-electron chi connectivity index (χ3n) is 3.56. The molecule has 4 nitrogen and oxygen atoms in total. The molecule has 0 unspecified atom stereocenters. The fourth-order valence-electron chi connectivity index (χ4n) is 2.56. The van der Waals surface area contributed by atoms with Gasteiger partial charge in [0.15, 0.2) is 11.5 Å². The number of halogens is 1. The van der Waals surface area contributed by atoms with Gasteiger partial charge in [0, 0.05) is 32.2 Å². The molecule has 1 aliphatic rings. The minimum atomic E-state index is -0.349. The number of ether oxygens (including phenoxy) is 1. The fraction of sp³-hybridized carbons (Fsp3) is 0.571. The molecule has 2 rings (SSSR count). The summed E-state index contributed by atoms with van der Waals surface area (Å²) >= 11 is 0. The number of hydrogen-bond donors (Lipinski definition) is 2. The van der Waals surface area contributed by atoms with E-state index in [1.165, 1.54) is 7.11 Å². The summed E-state index contributed by atoms with van der Waals surface area (Å²) in [6.07, 6.45) is 0.466. The Morgan fingerprint density at radius 3 is 2.79 bits per heavy atom. The molecule has 1 aromatic rings. The largest absolute Gasteiger partial charge is 0.504 e. The smallest absolute Gasteiger partial charge is 0.160 e. The molecule has 0 aromatic heterocycles. The molecule has 2 N–H and O–H groups in total. The van der Waals surface area contributed by atoms with Crippen LogP contribution < -0.4 is 10.1 Å². The van der Waals surface area contributed by atoms with Gasteiger partial charge in [-0.3, -0.25) is 9.29 Å². The maximum Gasteiger partial charge on any atom is 0.160 e. The number of phenols is 1. The molecule has 1 aliphatic heterocycles. The van der Waals surface area contributed by atoms with Gasteiger partial charge in [-0.05, 0) is 24.1 Å². The molecule has 1 heterocycles. The summed E-state index contributed by atoms with van der Waals surface area (Å²) in [7, 11) is 1.52. The van der Waals surface area contributed by atoms with Crippen molar-refractivity contribution in [1.82, 2.24) is 10.2 Å². The Labute approximate surface area is 113 Å². The predicted octanol–water partition coefficient (Wildman–Crippen LogP) is 1.71. The second-order valence-corrected chi connectivity index (χ2v) is 4.71. The molecule has 106 valence electrons. The maximum absolute atomic E-state index is 12.8. The average Bonchev–Trinajstić information content (AvgIpc) is 2.46. The second kappa shape index (κ2) is 6.73. The molecule has 0 bridgehead atoms. The van der Waals surface area contributed by atoms with E-state index in [9.17, 15) is 9.50 Å². The first-order chi connectivity index (χ1) is 9.26. The number of alkyl halides is 1. The topological polar surface area (TPSA) is 44.7 Å². The molecular formula is C14H21FN2O2. The fourth-order valence-corrected chi connectivity index (χ4v) is 2.56. The molecule has 19 heavy (non-hydrogen) atoms. The lowest BCUT2D eigenvalue weighted by molar-refractivity contribution is 0.157. The lowest BCUT2D eigenvalue weighted by Crippen LogP contribution is -2.45. The molecule has 0 aliphatic carbocycles. The first-order valence-corrected chi connectivity index (χ1v) is 6.64. The molecule has 0 radical (unpaired) electrons. The van der Waals surface area contributed by atoms with Gasteiger partial charge in [0.05, 0.1) is 13.8 Å². The third-order valence-corrected chi connectivity index (χ3v) is 3.56. The summed E-state index contributed by atoms with van der Waals surface area (Å²) in [5, 5.41) is 12.9. The van der Waals surface area contributed by atoms with Crippen molar-refractivity contribution in [2.45, 2.75) is 12.5 Å². The van der Waals surface area contributed by atoms with E-state index in [4.69, 9.17) is 4.74 Å². The number of methoxy groups -OCH3 is 1. The Bertz CT molecular complexity index is 408. The number of nitrogens with one attached hydrogen (secondary N) is 1. The molecule has 0 spiro atoms. The van der Waals surface area contributed by atoms with E-state index >= 15 is 0 Å². The summed E-state index contributed by atoms with van der Waals surface area (Å²) in [4.78, 5) is 2.28. The van der Waals surface area contributed by atoms with Crippen LogP contribution in [0.3, 0.4) is 0 Å². The Kier molecular flexibility index (Phi) is 4.99. The predicted molar refractivity (Wildman–Crippen MR) is 72.4 cm³/mol. The minimum Gasteiger partial charge on any atom is -0.504 e. The van der Waals surface area contributed by atoms with Gasteiger partial charge in [-0.1, -0.05) is 6.07 Å². The Hall–Kier alpha value is -1.33. The highest BCUT2D eigenvalue weighted by Gasteiger charge is 2.22. The van der Waals surface area contributed by atoms with Crippen LogP contribution in [0.4, 0.5) is 4.39 Å². The van der Waals surface area contributed by atoms with Crippen molar-refractivity contribution in [2.75, 3.05) is 40.0 Å². The summed E-state index contributed by atoms with van der Waals surface area (Å²) in [5.41, 5.74) is 0.995. The number of hydrogen-bond acceptors (Lipinski definition) is 4. The lowest BCUT2D eigenvalue weighted by Gasteiger charge is -2.35. The Morgan fingerprint density at radius 1 is 1.42 bits per heavy atom. The van der Waals surface area contributed by atoms with E-state index in [0.717, 1.165) is 31.7 Å². The van der Waals surface area contributed by atoms with Gasteiger partial charge in [-0.15, -0.1) is 0 Å². The SMILES string of the molecule is COc1cc([C@@H](CCF)N2CCNCC2)ccc1O. The zero-order chi connectivity index (χ0) is 13.7. The van der Waals surface area contributed by atoms with E-state index < -0.39 is 0 Å². The lowest BCUT2D eigenvalue weighted by atomic mass is 10.0. The van der Waals surface area contributed by atoms with E-state index in [-0.39, 0.29) is 18.5 Å². The average molecular weight is 268 g/mol. The first kappa shape index (κ1) is 14.1. The van der Waals surface area contributed by atoms with Crippen molar-refractivity contribution in [3.05, 3.63) is 23.8 Å². The summed E-state index contributed by atoms with van der Waals surface area (Å²) < 4.78 is 17.9. The van der Waals surface area contributed by atoms with Crippen molar-refractivity contribution in [1.29, 1.82) is 0 Å². The highest BCUT2D eigenvalue weighted by Crippen LogP contribution is 2.32. The van der Waals surface area contributed by atoms with Crippen LogP contribution in [0.2, 0.25) is 0 Å². The molecule has 0 saturated carbocycles. The molecule has 1 aromatic carbocycles. The number of nitrogens with zero attached hydrogens (tertiary/aromatic N) is 1. The van der Waals surface area contributed by atoms with Gasteiger partial charge in [0.1, 0.15) is 0 Å². The van der Waals surface area contributed by atoms with Gasteiger partial charge < -0.3 is 15.2 Å². The van der Waals surface area contributed by atoms with E-state index in [1.807, 2.05) is 6.07 Å². The molecule has 0 amide bonds. The number of phenolic OH excluding ortho intramolecular Hbond substituents is 1. The maximum atomic E-state index is 12.8. The first-order valence-electron chi connectivity index (χ1n) is 6.64. The van der Waals surface area contributed by atoms with Crippen LogP contribution in [0.5, 0.6) is 11.5 Å². The molecule has 1 fully saturated rings. The highest BCUT2D eigenvalue weighted by atomic mass is 19.1. The monoisotopic (exact) mass is 268 g/mol. The summed E-state index contributed by atoms with van der Waals surface area (Å²) in [5.74, 6) is 0.557. The normalized spacial score (nSPS) is 18.2. The van der Waals surface area contributed by atoms with Crippen molar-refractivity contribution in [2.24, 2.45) is 0 Å². The zero-order valence-electron chi connectivity index (χ0n) is 11.2. The zero-order valence-corrected chi connectivity index (χ0v) is 11.2. The van der Waals surface area contributed by atoms with Crippen LogP contribution in [0.15, 0.2) is 18.2 Å². The van der Waals surface area contributed by atoms with Crippen LogP contribution in [0, 0.1) is 0 Å². The van der Waals surface area contributed by atoms with Crippen molar-refractivity contribution in [3.63, 3.8) is 0 Å². The van der Waals surface area contributed by atoms with Gasteiger partial charge in [0.2, 0.25) is 0 Å². The van der Waals surface area contributed by atoms with Crippen molar-refractivity contribution in [3.8, 4) is 11.5 Å². The Balaban J connectivity index is 2.22. The number of benzene rings is 1. The number of aromatic hydroxyl groups is 1. The molecule has 5 heteroatoms. The molecule has 1 atom stereocenters. The molecule has 1 saturated heterocycles. The van der Waals surface area contributed by atoms with E-state index in [2.05, 4.69) is 10.2 Å². The van der Waals surface area contributed by atoms with Gasteiger partial charge in [-0.2, -0.15) is 0 Å². The van der Waals surface area contributed by atoms with Crippen LogP contribution in [-0.2, 0) is 0 Å².